The maximum atomic E-state index is 10.8. The van der Waals surface area contributed by atoms with Gasteiger partial charge in [-0.05, 0) is 0 Å². The average Bonchev–Trinajstić information content (AvgIpc) is 2.57. The summed E-state index contributed by atoms with van der Waals surface area (Å²) >= 11 is 0. The van der Waals surface area contributed by atoms with Crippen LogP contribution in [-0.4, -0.2) is 22.0 Å². The molecule has 68 valence electrons. The van der Waals surface area contributed by atoms with Crippen LogP contribution in [0.2, 0.25) is 0 Å². The minimum atomic E-state index is -0.234. The summed E-state index contributed by atoms with van der Waals surface area (Å²) in [5.41, 5.74) is 0. The molecule has 1 aromatic rings. The summed E-state index contributed by atoms with van der Waals surface area (Å²) in [6, 6.07) is 1.78. The molecular formula is C8H10N4O. The Hall–Kier alpha value is -1.83. The number of aromatic nitrogens is 2. The van der Waals surface area contributed by atoms with Crippen molar-refractivity contribution in [2.24, 2.45) is 0 Å². The molecule has 1 aromatic heterocycles. The van der Waals surface area contributed by atoms with Crippen molar-refractivity contribution in [3.63, 3.8) is 0 Å². The zero-order valence-electron chi connectivity index (χ0n) is 7.10. The second kappa shape index (κ2) is 4.93. The molecule has 0 aromatic carbocycles. The van der Waals surface area contributed by atoms with Gasteiger partial charge < -0.3 is 9.88 Å². The molecule has 1 N–H and O–H groups in total. The Kier molecular flexibility index (Phi) is 3.51. The highest BCUT2D eigenvalue weighted by atomic mass is 16.1. The monoisotopic (exact) mass is 178 g/mol. The highest BCUT2D eigenvalue weighted by Crippen LogP contribution is 1.84. The molecule has 1 heterocycles. The summed E-state index contributed by atoms with van der Waals surface area (Å²) in [7, 11) is 0. The van der Waals surface area contributed by atoms with E-state index in [2.05, 4.69) is 10.3 Å². The van der Waals surface area contributed by atoms with Crippen LogP contribution in [0.3, 0.4) is 0 Å². The Morgan fingerprint density at radius 1 is 1.69 bits per heavy atom. The Morgan fingerprint density at radius 3 is 3.15 bits per heavy atom. The van der Waals surface area contributed by atoms with E-state index in [0.717, 1.165) is 0 Å². The first-order chi connectivity index (χ1) is 6.33. The highest BCUT2D eigenvalue weighted by molar-refractivity contribution is 5.77. The predicted molar refractivity (Wildman–Crippen MR) is 45.5 cm³/mol. The molecule has 0 saturated heterocycles. The SMILES string of the molecule is N#CCC(=O)NCCn1ccnc1. The van der Waals surface area contributed by atoms with E-state index in [1.54, 1.807) is 18.6 Å². The summed E-state index contributed by atoms with van der Waals surface area (Å²) < 4.78 is 1.85. The van der Waals surface area contributed by atoms with Crippen LogP contribution in [0, 0.1) is 11.3 Å². The van der Waals surface area contributed by atoms with Gasteiger partial charge in [-0.25, -0.2) is 4.98 Å². The van der Waals surface area contributed by atoms with Crippen molar-refractivity contribution >= 4 is 5.91 Å². The van der Waals surface area contributed by atoms with E-state index < -0.39 is 0 Å². The van der Waals surface area contributed by atoms with Gasteiger partial charge in [0.05, 0.1) is 12.4 Å². The Labute approximate surface area is 76.0 Å². The lowest BCUT2D eigenvalue weighted by Crippen LogP contribution is -2.26. The van der Waals surface area contributed by atoms with Crippen molar-refractivity contribution in [1.82, 2.24) is 14.9 Å². The number of hydrogen-bond donors (Lipinski definition) is 1. The molecule has 0 radical (unpaired) electrons. The topological polar surface area (TPSA) is 70.7 Å². The van der Waals surface area contributed by atoms with Gasteiger partial charge in [-0.1, -0.05) is 0 Å². The molecule has 13 heavy (non-hydrogen) atoms. The van der Waals surface area contributed by atoms with Crippen molar-refractivity contribution in [2.45, 2.75) is 13.0 Å². The lowest BCUT2D eigenvalue weighted by atomic mass is 10.4. The van der Waals surface area contributed by atoms with Crippen LogP contribution < -0.4 is 5.32 Å². The molecular weight excluding hydrogens is 168 g/mol. The van der Waals surface area contributed by atoms with E-state index in [-0.39, 0.29) is 12.3 Å². The van der Waals surface area contributed by atoms with Crippen LogP contribution in [-0.2, 0) is 11.3 Å². The maximum Gasteiger partial charge on any atom is 0.234 e. The fourth-order valence-corrected chi connectivity index (χ4v) is 0.878. The van der Waals surface area contributed by atoms with E-state index in [0.29, 0.717) is 13.1 Å². The summed E-state index contributed by atoms with van der Waals surface area (Å²) in [6.07, 6.45) is 5.09. The summed E-state index contributed by atoms with van der Waals surface area (Å²) in [4.78, 5) is 14.7. The third-order valence-corrected chi connectivity index (χ3v) is 1.49. The number of nitrogens with zero attached hydrogens (tertiary/aromatic N) is 3. The minimum Gasteiger partial charge on any atom is -0.353 e. The molecule has 5 heteroatoms. The quantitative estimate of drug-likeness (QED) is 0.700. The molecule has 0 aliphatic rings. The smallest absolute Gasteiger partial charge is 0.234 e. The number of nitriles is 1. The zero-order chi connectivity index (χ0) is 9.52. The van der Waals surface area contributed by atoms with Gasteiger partial charge in [0.1, 0.15) is 6.42 Å². The Bertz CT molecular complexity index is 298. The van der Waals surface area contributed by atoms with Gasteiger partial charge >= 0.3 is 0 Å². The van der Waals surface area contributed by atoms with Crippen LogP contribution in [0.15, 0.2) is 18.7 Å². The fraction of sp³-hybridized carbons (Fsp3) is 0.375. The van der Waals surface area contributed by atoms with Crippen LogP contribution in [0.5, 0.6) is 0 Å². The molecule has 0 saturated carbocycles. The third-order valence-electron chi connectivity index (χ3n) is 1.49. The fourth-order valence-electron chi connectivity index (χ4n) is 0.878. The van der Waals surface area contributed by atoms with Gasteiger partial charge in [0.2, 0.25) is 5.91 Å². The molecule has 0 bridgehead atoms. The number of hydrogen-bond acceptors (Lipinski definition) is 3. The van der Waals surface area contributed by atoms with Gasteiger partial charge in [-0.15, -0.1) is 0 Å². The van der Waals surface area contributed by atoms with E-state index in [1.807, 2.05) is 10.8 Å². The number of nitrogens with one attached hydrogen (secondary N) is 1. The molecule has 0 fully saturated rings. The van der Waals surface area contributed by atoms with Gasteiger partial charge in [0.15, 0.2) is 0 Å². The first-order valence-corrected chi connectivity index (χ1v) is 3.92. The van der Waals surface area contributed by atoms with Crippen LogP contribution >= 0.6 is 0 Å². The number of rotatable bonds is 4. The summed E-state index contributed by atoms with van der Waals surface area (Å²) in [5, 5.41) is 10.8. The second-order valence-electron chi connectivity index (χ2n) is 2.49. The van der Waals surface area contributed by atoms with Crippen molar-refractivity contribution in [2.75, 3.05) is 6.54 Å². The number of imidazole rings is 1. The maximum absolute atomic E-state index is 10.8. The van der Waals surface area contributed by atoms with E-state index in [9.17, 15) is 4.79 Å². The second-order valence-corrected chi connectivity index (χ2v) is 2.49. The summed E-state index contributed by atoms with van der Waals surface area (Å²) in [6.45, 7) is 1.20. The number of carbonyl (C=O) groups is 1. The molecule has 0 unspecified atom stereocenters. The van der Waals surface area contributed by atoms with Gasteiger partial charge in [0.25, 0.3) is 0 Å². The van der Waals surface area contributed by atoms with Crippen LogP contribution in [0.25, 0.3) is 0 Å². The first kappa shape index (κ1) is 9.26. The van der Waals surface area contributed by atoms with Crippen molar-refractivity contribution in [3.8, 4) is 6.07 Å². The average molecular weight is 178 g/mol. The predicted octanol–water partition coefficient (Wildman–Crippen LogP) is -0.0870. The van der Waals surface area contributed by atoms with Gasteiger partial charge in [0, 0.05) is 25.5 Å². The van der Waals surface area contributed by atoms with E-state index in [4.69, 9.17) is 5.26 Å². The minimum absolute atomic E-state index is 0.0794. The van der Waals surface area contributed by atoms with E-state index in [1.165, 1.54) is 0 Å². The lowest BCUT2D eigenvalue weighted by molar-refractivity contribution is -0.120. The molecule has 5 nitrogen and oxygen atoms in total. The summed E-state index contributed by atoms with van der Waals surface area (Å²) in [5.74, 6) is -0.234. The van der Waals surface area contributed by atoms with Gasteiger partial charge in [-0.2, -0.15) is 5.26 Å². The largest absolute Gasteiger partial charge is 0.353 e. The van der Waals surface area contributed by atoms with Crippen LogP contribution in [0.1, 0.15) is 6.42 Å². The number of amides is 1. The van der Waals surface area contributed by atoms with E-state index >= 15 is 0 Å². The first-order valence-electron chi connectivity index (χ1n) is 3.92. The molecule has 0 aliphatic carbocycles. The normalized spacial score (nSPS) is 9.15. The standard InChI is InChI=1S/C8H10N4O/c9-2-1-8(13)11-4-6-12-5-3-10-7-12/h3,5,7H,1,4,6H2,(H,11,13). The lowest BCUT2D eigenvalue weighted by Gasteiger charge is -2.02. The Balaban J connectivity index is 2.15. The van der Waals surface area contributed by atoms with Crippen molar-refractivity contribution < 1.29 is 4.79 Å². The Morgan fingerprint density at radius 2 is 2.54 bits per heavy atom. The van der Waals surface area contributed by atoms with Crippen molar-refractivity contribution in [1.29, 1.82) is 5.26 Å². The van der Waals surface area contributed by atoms with Gasteiger partial charge in [-0.3, -0.25) is 4.79 Å². The molecule has 0 spiro atoms. The molecule has 0 aliphatic heterocycles. The van der Waals surface area contributed by atoms with Crippen molar-refractivity contribution in [3.05, 3.63) is 18.7 Å². The molecule has 1 amide bonds. The zero-order valence-corrected chi connectivity index (χ0v) is 7.10. The third kappa shape index (κ3) is 3.38. The highest BCUT2D eigenvalue weighted by Gasteiger charge is 1.97. The van der Waals surface area contributed by atoms with Crippen LogP contribution in [0.4, 0.5) is 0 Å². The number of carbonyl (C=O) groups excluding carboxylic acids is 1. The molecule has 0 atom stereocenters. The molecule has 1 rings (SSSR count).